The summed E-state index contributed by atoms with van der Waals surface area (Å²) >= 11 is 0. The number of imidazole rings is 1. The lowest BCUT2D eigenvalue weighted by molar-refractivity contribution is 0.185. The predicted octanol–water partition coefficient (Wildman–Crippen LogP) is 1.45. The third kappa shape index (κ3) is 4.41. The second-order valence-electron chi connectivity index (χ2n) is 7.39. The van der Waals surface area contributed by atoms with Gasteiger partial charge in [-0.3, -0.25) is 0 Å². The number of ether oxygens (including phenoxy) is 1. The maximum Gasteiger partial charge on any atom is 0.317 e. The van der Waals surface area contributed by atoms with Crippen molar-refractivity contribution in [3.8, 4) is 11.4 Å². The van der Waals surface area contributed by atoms with Gasteiger partial charge in [0.1, 0.15) is 18.0 Å². The molecule has 4 rings (SSSR count). The molecule has 1 saturated heterocycles. The molecule has 11 nitrogen and oxygen atoms in total. The average molecular weight is 425 g/mol. The fourth-order valence-corrected chi connectivity index (χ4v) is 3.70. The quantitative estimate of drug-likeness (QED) is 0.545. The van der Waals surface area contributed by atoms with Crippen LogP contribution in [0.4, 0.5) is 10.6 Å². The highest BCUT2D eigenvalue weighted by Gasteiger charge is 2.27. The second-order valence-corrected chi connectivity index (χ2v) is 7.39. The van der Waals surface area contributed by atoms with Gasteiger partial charge in [-0.2, -0.15) is 0 Å². The van der Waals surface area contributed by atoms with E-state index >= 15 is 0 Å². The van der Waals surface area contributed by atoms with E-state index in [-0.39, 0.29) is 12.1 Å². The van der Waals surface area contributed by atoms with Crippen molar-refractivity contribution in [2.75, 3.05) is 38.7 Å². The number of nitrogens with zero attached hydrogens (tertiary/aromatic N) is 7. The van der Waals surface area contributed by atoms with Crippen molar-refractivity contribution >= 4 is 23.0 Å². The lowest BCUT2D eigenvalue weighted by Gasteiger charge is -2.18. The minimum Gasteiger partial charge on any atom is -0.383 e. The largest absolute Gasteiger partial charge is 0.383 e. The van der Waals surface area contributed by atoms with E-state index in [0.717, 1.165) is 23.5 Å². The first-order valence-corrected chi connectivity index (χ1v) is 10.4. The number of rotatable bonds is 7. The van der Waals surface area contributed by atoms with Crippen LogP contribution in [0.2, 0.25) is 0 Å². The van der Waals surface area contributed by atoms with Gasteiger partial charge in [-0.25, -0.2) is 29.7 Å². The molecule has 2 amide bonds. The third-order valence-corrected chi connectivity index (χ3v) is 5.29. The number of urea groups is 1. The van der Waals surface area contributed by atoms with Gasteiger partial charge in [0.15, 0.2) is 17.0 Å². The molecule has 3 aromatic heterocycles. The molecule has 1 aliphatic heterocycles. The highest BCUT2D eigenvalue weighted by molar-refractivity contribution is 5.86. The van der Waals surface area contributed by atoms with E-state index in [1.54, 1.807) is 24.4 Å². The molecule has 0 radical (unpaired) electrons. The Morgan fingerprint density at radius 1 is 1.26 bits per heavy atom. The molecule has 164 valence electrons. The highest BCUT2D eigenvalue weighted by Crippen LogP contribution is 2.27. The van der Waals surface area contributed by atoms with E-state index in [0.29, 0.717) is 49.9 Å². The van der Waals surface area contributed by atoms with E-state index in [1.165, 1.54) is 6.33 Å². The number of nitrogens with one attached hydrogen (secondary N) is 2. The molecule has 2 N–H and O–H groups in total. The van der Waals surface area contributed by atoms with Crippen LogP contribution in [0.1, 0.15) is 19.2 Å². The van der Waals surface area contributed by atoms with Crippen LogP contribution < -0.4 is 10.6 Å². The Morgan fingerprint density at radius 3 is 2.81 bits per heavy atom. The first kappa shape index (κ1) is 20.9. The van der Waals surface area contributed by atoms with E-state index in [4.69, 9.17) is 9.72 Å². The maximum atomic E-state index is 12.3. The van der Waals surface area contributed by atoms with Crippen LogP contribution in [0.3, 0.4) is 0 Å². The van der Waals surface area contributed by atoms with Crippen molar-refractivity contribution in [2.45, 2.75) is 32.9 Å². The fourth-order valence-electron chi connectivity index (χ4n) is 3.70. The van der Waals surface area contributed by atoms with Crippen molar-refractivity contribution in [3.05, 3.63) is 24.5 Å². The fraction of sp³-hybridized carbons (Fsp3) is 0.500. The second kappa shape index (κ2) is 9.21. The number of hydrogen-bond donors (Lipinski definition) is 2. The molecule has 1 fully saturated rings. The van der Waals surface area contributed by atoms with Gasteiger partial charge in [-0.15, -0.1) is 0 Å². The zero-order valence-electron chi connectivity index (χ0n) is 18.0. The zero-order valence-corrected chi connectivity index (χ0v) is 18.0. The molecule has 0 aromatic carbocycles. The molecule has 11 heteroatoms. The summed E-state index contributed by atoms with van der Waals surface area (Å²) in [6, 6.07) is 0.00955. The molecule has 1 aliphatic rings. The van der Waals surface area contributed by atoms with Gasteiger partial charge < -0.3 is 24.8 Å². The lowest BCUT2D eigenvalue weighted by atomic mass is 10.2. The van der Waals surface area contributed by atoms with Crippen molar-refractivity contribution in [1.29, 1.82) is 0 Å². The number of fused-ring (bicyclic) bond motifs is 1. The van der Waals surface area contributed by atoms with Gasteiger partial charge in [-0.05, 0) is 20.3 Å². The number of aromatic nitrogens is 6. The number of methoxy groups -OCH3 is 1. The Labute approximate surface area is 180 Å². The standard InChI is InChI=1S/C20H27N9O2/c1-4-29-18(14-9-22-13(2)23-10-14)27-16-17(24-12-25-19(16)29)26-15-5-7-28(11-15)20(30)21-6-8-31-3/h9-10,12,15H,4-8,11H2,1-3H3,(H,21,30)(H,24,25,26)/t15-/m0/s1. The van der Waals surface area contributed by atoms with E-state index in [2.05, 4.69) is 30.6 Å². The molecular weight excluding hydrogens is 398 g/mol. The maximum absolute atomic E-state index is 12.3. The lowest BCUT2D eigenvalue weighted by Crippen LogP contribution is -2.40. The first-order chi connectivity index (χ1) is 15.1. The predicted molar refractivity (Wildman–Crippen MR) is 116 cm³/mol. The van der Waals surface area contributed by atoms with Crippen molar-refractivity contribution in [2.24, 2.45) is 0 Å². The number of carbonyl (C=O) groups is 1. The van der Waals surface area contributed by atoms with Crippen molar-refractivity contribution < 1.29 is 9.53 Å². The van der Waals surface area contributed by atoms with Crippen LogP contribution >= 0.6 is 0 Å². The number of likely N-dealkylation sites (tertiary alicyclic amines) is 1. The number of amides is 2. The van der Waals surface area contributed by atoms with Gasteiger partial charge in [0.25, 0.3) is 0 Å². The molecule has 31 heavy (non-hydrogen) atoms. The molecule has 0 bridgehead atoms. The first-order valence-electron chi connectivity index (χ1n) is 10.4. The van der Waals surface area contributed by atoms with Gasteiger partial charge in [0.2, 0.25) is 0 Å². The summed E-state index contributed by atoms with van der Waals surface area (Å²) in [5, 5.41) is 6.32. The van der Waals surface area contributed by atoms with Crippen LogP contribution in [-0.2, 0) is 11.3 Å². The monoisotopic (exact) mass is 425 g/mol. The Balaban J connectivity index is 1.54. The third-order valence-electron chi connectivity index (χ3n) is 5.29. The summed E-state index contributed by atoms with van der Waals surface area (Å²) in [5.74, 6) is 2.13. The highest BCUT2D eigenvalue weighted by atomic mass is 16.5. The number of carbonyl (C=O) groups excluding carboxylic acids is 1. The van der Waals surface area contributed by atoms with Crippen LogP contribution in [-0.4, -0.2) is 79.8 Å². The Bertz CT molecular complexity index is 1050. The Kier molecular flexibility index (Phi) is 6.21. The van der Waals surface area contributed by atoms with Crippen LogP contribution in [0.15, 0.2) is 18.7 Å². The Hall–Kier alpha value is -3.34. The summed E-state index contributed by atoms with van der Waals surface area (Å²) < 4.78 is 7.01. The molecule has 4 heterocycles. The van der Waals surface area contributed by atoms with Crippen molar-refractivity contribution in [1.82, 2.24) is 39.7 Å². The molecule has 0 saturated carbocycles. The van der Waals surface area contributed by atoms with Crippen LogP contribution in [0.25, 0.3) is 22.6 Å². The molecule has 0 aliphatic carbocycles. The Morgan fingerprint density at radius 2 is 2.06 bits per heavy atom. The molecule has 3 aromatic rings. The molecule has 0 unspecified atom stereocenters. The summed E-state index contributed by atoms with van der Waals surface area (Å²) in [4.78, 5) is 36.4. The van der Waals surface area contributed by atoms with Gasteiger partial charge in [-0.1, -0.05) is 0 Å². The molecular formula is C20H27N9O2. The summed E-state index contributed by atoms with van der Waals surface area (Å²) in [6.07, 6.45) is 5.91. The summed E-state index contributed by atoms with van der Waals surface area (Å²) in [5.41, 5.74) is 2.28. The van der Waals surface area contributed by atoms with Crippen LogP contribution in [0, 0.1) is 6.92 Å². The topological polar surface area (TPSA) is 123 Å². The van der Waals surface area contributed by atoms with E-state index < -0.39 is 0 Å². The van der Waals surface area contributed by atoms with E-state index in [9.17, 15) is 4.79 Å². The van der Waals surface area contributed by atoms with Crippen molar-refractivity contribution in [3.63, 3.8) is 0 Å². The van der Waals surface area contributed by atoms with Crippen LogP contribution in [0.5, 0.6) is 0 Å². The zero-order chi connectivity index (χ0) is 21.8. The number of aryl methyl sites for hydroxylation is 2. The van der Waals surface area contributed by atoms with Gasteiger partial charge >= 0.3 is 6.03 Å². The number of anilines is 1. The average Bonchev–Trinajstić information content (AvgIpc) is 3.39. The molecule has 0 spiro atoms. The number of hydrogen-bond acceptors (Lipinski definition) is 8. The van der Waals surface area contributed by atoms with E-state index in [1.807, 2.05) is 18.4 Å². The van der Waals surface area contributed by atoms with Gasteiger partial charge in [0.05, 0.1) is 12.2 Å². The summed E-state index contributed by atoms with van der Waals surface area (Å²) in [6.45, 7) is 6.87. The molecule has 1 atom stereocenters. The normalized spacial score (nSPS) is 16.1. The minimum atomic E-state index is -0.0777. The van der Waals surface area contributed by atoms with Gasteiger partial charge in [0, 0.05) is 51.7 Å². The smallest absolute Gasteiger partial charge is 0.317 e. The summed E-state index contributed by atoms with van der Waals surface area (Å²) in [7, 11) is 1.61. The minimum absolute atomic E-state index is 0.0777. The SMILES string of the molecule is CCn1c(-c2cnc(C)nc2)nc2c(N[C@H]3CCN(C(=O)NCCOC)C3)ncnc21.